The Morgan fingerprint density at radius 3 is 2.57 bits per heavy atom. The number of amides is 1. The Hall–Kier alpha value is -3.19. The molecule has 1 aliphatic heterocycles. The van der Waals surface area contributed by atoms with Crippen molar-refractivity contribution in [3.05, 3.63) is 77.7 Å². The number of carbonyl (C=O) groups is 1. The lowest BCUT2D eigenvalue weighted by Crippen LogP contribution is -2.48. The molecule has 1 saturated heterocycles. The Labute approximate surface area is 163 Å². The van der Waals surface area contributed by atoms with Crippen LogP contribution in [0.2, 0.25) is 0 Å². The molecule has 3 aromatic rings. The number of anilines is 2. The van der Waals surface area contributed by atoms with E-state index in [1.54, 1.807) is 16.8 Å². The second kappa shape index (κ2) is 7.82. The average molecular weight is 379 g/mol. The summed E-state index contributed by atoms with van der Waals surface area (Å²) >= 11 is 0. The molecule has 7 heteroatoms. The van der Waals surface area contributed by atoms with Gasteiger partial charge in [0, 0.05) is 50.2 Å². The highest BCUT2D eigenvalue weighted by Crippen LogP contribution is 2.25. The molecule has 2 aromatic carbocycles. The van der Waals surface area contributed by atoms with Crippen LogP contribution in [0.4, 0.5) is 15.9 Å². The topological polar surface area (TPSA) is 62.2 Å². The smallest absolute Gasteiger partial charge is 0.254 e. The predicted molar refractivity (Wildman–Crippen MR) is 106 cm³/mol. The molecule has 0 radical (unpaired) electrons. The number of nitrogens with zero attached hydrogens (tertiary/aromatic N) is 3. The zero-order valence-electron chi connectivity index (χ0n) is 15.6. The fourth-order valence-electron chi connectivity index (χ4n) is 3.42. The van der Waals surface area contributed by atoms with Crippen molar-refractivity contribution in [2.24, 2.45) is 7.05 Å². The largest absolute Gasteiger partial charge is 0.339 e. The van der Waals surface area contributed by atoms with Crippen LogP contribution in [-0.2, 0) is 7.05 Å². The van der Waals surface area contributed by atoms with E-state index in [0.29, 0.717) is 18.7 Å². The summed E-state index contributed by atoms with van der Waals surface area (Å²) < 4.78 is 15.0. The zero-order chi connectivity index (χ0) is 19.5. The molecule has 2 N–H and O–H groups in total. The van der Waals surface area contributed by atoms with E-state index in [0.717, 1.165) is 23.6 Å². The third kappa shape index (κ3) is 3.89. The van der Waals surface area contributed by atoms with E-state index in [1.807, 2.05) is 48.5 Å². The Kier molecular flexibility index (Phi) is 5.08. The first-order valence-corrected chi connectivity index (χ1v) is 9.24. The highest BCUT2D eigenvalue weighted by Gasteiger charge is 2.28. The molecule has 1 atom stereocenters. The first-order valence-electron chi connectivity index (χ1n) is 9.24. The molecule has 28 heavy (non-hydrogen) atoms. The van der Waals surface area contributed by atoms with Gasteiger partial charge in [0.1, 0.15) is 5.82 Å². The number of rotatable bonds is 4. The van der Waals surface area contributed by atoms with Crippen LogP contribution < -0.4 is 10.6 Å². The van der Waals surface area contributed by atoms with Crippen molar-refractivity contribution in [2.75, 3.05) is 25.0 Å². The van der Waals surface area contributed by atoms with Crippen LogP contribution in [0.1, 0.15) is 22.0 Å². The number of piperazine rings is 1. The molecular formula is C21H22FN5O. The summed E-state index contributed by atoms with van der Waals surface area (Å²) in [6.07, 6.45) is 1.86. The predicted octanol–water partition coefficient (Wildman–Crippen LogP) is 3.09. The number of halogens is 1. The Bertz CT molecular complexity index is 952. The second-order valence-electron chi connectivity index (χ2n) is 6.85. The standard InChI is InChI=1S/C21H22FN5O/c1-26-12-10-20(25-26)24-18-8-4-16(5-9-18)21(28)27-13-11-23-14-19(27)15-2-6-17(22)7-3-15/h2-10,12,19,23H,11,13-14H2,1H3,(H,24,25). The summed E-state index contributed by atoms with van der Waals surface area (Å²) in [5, 5.41) is 10.8. The summed E-state index contributed by atoms with van der Waals surface area (Å²) in [7, 11) is 1.86. The van der Waals surface area contributed by atoms with Gasteiger partial charge in [-0.1, -0.05) is 12.1 Å². The summed E-state index contributed by atoms with van der Waals surface area (Å²) in [4.78, 5) is 15.0. The molecule has 1 amide bonds. The monoisotopic (exact) mass is 379 g/mol. The molecule has 6 nitrogen and oxygen atoms in total. The van der Waals surface area contributed by atoms with Gasteiger partial charge < -0.3 is 15.5 Å². The van der Waals surface area contributed by atoms with Crippen LogP contribution in [0.5, 0.6) is 0 Å². The molecule has 0 bridgehead atoms. The van der Waals surface area contributed by atoms with E-state index < -0.39 is 0 Å². The summed E-state index contributed by atoms with van der Waals surface area (Å²) in [6.45, 7) is 1.99. The maximum absolute atomic E-state index is 13.3. The van der Waals surface area contributed by atoms with Crippen LogP contribution in [0.3, 0.4) is 0 Å². The summed E-state index contributed by atoms with van der Waals surface area (Å²) in [6, 6.07) is 15.5. The molecule has 1 unspecified atom stereocenters. The van der Waals surface area contributed by atoms with Crippen LogP contribution >= 0.6 is 0 Å². The van der Waals surface area contributed by atoms with Crippen molar-refractivity contribution >= 4 is 17.4 Å². The van der Waals surface area contributed by atoms with Crippen molar-refractivity contribution in [2.45, 2.75) is 6.04 Å². The van der Waals surface area contributed by atoms with Gasteiger partial charge in [0.15, 0.2) is 5.82 Å². The maximum Gasteiger partial charge on any atom is 0.254 e. The Balaban J connectivity index is 1.51. The lowest BCUT2D eigenvalue weighted by Gasteiger charge is -2.36. The highest BCUT2D eigenvalue weighted by atomic mass is 19.1. The first-order chi connectivity index (χ1) is 13.6. The van der Waals surface area contributed by atoms with Gasteiger partial charge in [0.05, 0.1) is 6.04 Å². The SMILES string of the molecule is Cn1ccc(Nc2ccc(C(=O)N3CCNCC3c3ccc(F)cc3)cc2)n1. The van der Waals surface area contributed by atoms with Gasteiger partial charge in [0.2, 0.25) is 0 Å². The van der Waals surface area contributed by atoms with E-state index in [9.17, 15) is 9.18 Å². The lowest BCUT2D eigenvalue weighted by molar-refractivity contribution is 0.0634. The first kappa shape index (κ1) is 18.2. The van der Waals surface area contributed by atoms with Crippen molar-refractivity contribution in [1.29, 1.82) is 0 Å². The van der Waals surface area contributed by atoms with E-state index >= 15 is 0 Å². The van der Waals surface area contributed by atoms with Gasteiger partial charge >= 0.3 is 0 Å². The molecule has 0 spiro atoms. The summed E-state index contributed by atoms with van der Waals surface area (Å²) in [5.74, 6) is 0.446. The lowest BCUT2D eigenvalue weighted by atomic mass is 10.0. The van der Waals surface area contributed by atoms with E-state index in [1.165, 1.54) is 12.1 Å². The fraction of sp³-hybridized carbons (Fsp3) is 0.238. The number of aryl methyl sites for hydroxylation is 1. The summed E-state index contributed by atoms with van der Waals surface area (Å²) in [5.41, 5.74) is 2.42. The van der Waals surface area contributed by atoms with Crippen LogP contribution in [0, 0.1) is 5.82 Å². The van der Waals surface area contributed by atoms with Gasteiger partial charge in [0.25, 0.3) is 5.91 Å². The second-order valence-corrected chi connectivity index (χ2v) is 6.85. The number of nitrogens with one attached hydrogen (secondary N) is 2. The minimum absolute atomic E-state index is 0.0276. The van der Waals surface area contributed by atoms with Gasteiger partial charge in [-0.15, -0.1) is 0 Å². The maximum atomic E-state index is 13.3. The van der Waals surface area contributed by atoms with Gasteiger partial charge in [-0.2, -0.15) is 5.10 Å². The Morgan fingerprint density at radius 2 is 1.89 bits per heavy atom. The molecule has 0 aliphatic carbocycles. The minimum atomic E-state index is -0.276. The number of carbonyl (C=O) groups excluding carboxylic acids is 1. The molecule has 1 fully saturated rings. The quantitative estimate of drug-likeness (QED) is 0.731. The third-order valence-electron chi connectivity index (χ3n) is 4.88. The Morgan fingerprint density at radius 1 is 1.14 bits per heavy atom. The molecular weight excluding hydrogens is 357 g/mol. The molecule has 1 aliphatic rings. The molecule has 4 rings (SSSR count). The van der Waals surface area contributed by atoms with Gasteiger partial charge in [-0.25, -0.2) is 4.39 Å². The van der Waals surface area contributed by atoms with Crippen LogP contribution in [-0.4, -0.2) is 40.2 Å². The normalized spacial score (nSPS) is 16.8. The number of hydrogen-bond acceptors (Lipinski definition) is 4. The van der Waals surface area contributed by atoms with Crippen molar-refractivity contribution in [1.82, 2.24) is 20.0 Å². The number of benzene rings is 2. The third-order valence-corrected chi connectivity index (χ3v) is 4.88. The molecule has 144 valence electrons. The zero-order valence-corrected chi connectivity index (χ0v) is 15.6. The van der Waals surface area contributed by atoms with Crippen molar-refractivity contribution in [3.63, 3.8) is 0 Å². The minimum Gasteiger partial charge on any atom is -0.339 e. The molecule has 1 aromatic heterocycles. The van der Waals surface area contributed by atoms with E-state index in [4.69, 9.17) is 0 Å². The van der Waals surface area contributed by atoms with Crippen LogP contribution in [0.25, 0.3) is 0 Å². The number of hydrogen-bond donors (Lipinski definition) is 2. The fourth-order valence-corrected chi connectivity index (χ4v) is 3.42. The molecule has 2 heterocycles. The van der Waals surface area contributed by atoms with Gasteiger partial charge in [-0.05, 0) is 42.0 Å². The van der Waals surface area contributed by atoms with E-state index in [2.05, 4.69) is 15.7 Å². The highest BCUT2D eigenvalue weighted by molar-refractivity contribution is 5.95. The number of aromatic nitrogens is 2. The van der Waals surface area contributed by atoms with Crippen molar-refractivity contribution < 1.29 is 9.18 Å². The van der Waals surface area contributed by atoms with E-state index in [-0.39, 0.29) is 17.8 Å². The average Bonchev–Trinajstić information content (AvgIpc) is 3.13. The van der Waals surface area contributed by atoms with Crippen LogP contribution in [0.15, 0.2) is 60.8 Å². The van der Waals surface area contributed by atoms with Gasteiger partial charge in [-0.3, -0.25) is 9.48 Å². The van der Waals surface area contributed by atoms with Crippen molar-refractivity contribution in [3.8, 4) is 0 Å². The molecule has 0 saturated carbocycles.